The molecule has 24 heavy (non-hydrogen) atoms. The third kappa shape index (κ3) is 3.06. The molecule has 0 aliphatic rings. The summed E-state index contributed by atoms with van der Waals surface area (Å²) in [6, 6.07) is 2.15. The zero-order valence-corrected chi connectivity index (χ0v) is 15.4. The van der Waals surface area contributed by atoms with Gasteiger partial charge in [-0.2, -0.15) is 0 Å². The zero-order valence-electron chi connectivity index (χ0n) is 13.8. The summed E-state index contributed by atoms with van der Waals surface area (Å²) >= 11 is 7.39. The van der Waals surface area contributed by atoms with Crippen LogP contribution >= 0.6 is 22.9 Å². The molecule has 6 nitrogen and oxygen atoms in total. The standard InChI is InChI=1S/C16H19ClN4O2S/c1-4-23-16(22)13-5-12-15(24-13)19-14(6-17)20(12)8-11-7-18-9-21(11)10(2)3/h5,7,9-10H,4,6,8H2,1-3H3. The van der Waals surface area contributed by atoms with Gasteiger partial charge in [0, 0.05) is 12.2 Å². The molecule has 0 atom stereocenters. The molecule has 0 aromatic carbocycles. The van der Waals surface area contributed by atoms with E-state index in [9.17, 15) is 4.79 Å². The highest BCUT2D eigenvalue weighted by Crippen LogP contribution is 2.28. The number of thiophene rings is 1. The maximum absolute atomic E-state index is 11.9. The number of hydrogen-bond acceptors (Lipinski definition) is 5. The summed E-state index contributed by atoms with van der Waals surface area (Å²) in [4.78, 5) is 22.1. The fraction of sp³-hybridized carbons (Fsp3) is 0.438. The van der Waals surface area contributed by atoms with Crippen molar-refractivity contribution >= 4 is 39.3 Å². The van der Waals surface area contributed by atoms with E-state index >= 15 is 0 Å². The van der Waals surface area contributed by atoms with Gasteiger partial charge in [-0.3, -0.25) is 0 Å². The lowest BCUT2D eigenvalue weighted by Crippen LogP contribution is -2.10. The third-order valence-corrected chi connectivity index (χ3v) is 4.98. The quantitative estimate of drug-likeness (QED) is 0.491. The fourth-order valence-corrected chi connectivity index (χ4v) is 3.77. The Morgan fingerprint density at radius 2 is 2.25 bits per heavy atom. The molecule has 0 spiro atoms. The molecule has 0 fully saturated rings. The van der Waals surface area contributed by atoms with E-state index in [1.54, 1.807) is 6.92 Å². The Hall–Kier alpha value is -1.86. The second kappa shape index (κ2) is 6.94. The Balaban J connectivity index is 2.01. The van der Waals surface area contributed by atoms with Crippen molar-refractivity contribution < 1.29 is 9.53 Å². The van der Waals surface area contributed by atoms with Crippen LogP contribution in [-0.4, -0.2) is 31.7 Å². The number of imidazole rings is 2. The molecule has 0 aliphatic carbocycles. The van der Waals surface area contributed by atoms with Gasteiger partial charge in [-0.1, -0.05) is 0 Å². The summed E-state index contributed by atoms with van der Waals surface area (Å²) in [5, 5.41) is 0. The summed E-state index contributed by atoms with van der Waals surface area (Å²) in [6.07, 6.45) is 3.68. The number of halogens is 1. The number of esters is 1. The van der Waals surface area contributed by atoms with Crippen molar-refractivity contribution in [3.8, 4) is 0 Å². The molecule has 0 unspecified atom stereocenters. The van der Waals surface area contributed by atoms with E-state index in [1.165, 1.54) is 11.3 Å². The number of ether oxygens (including phenoxy) is 1. The number of rotatable bonds is 6. The summed E-state index contributed by atoms with van der Waals surface area (Å²) in [5.41, 5.74) is 1.97. The van der Waals surface area contributed by atoms with E-state index in [-0.39, 0.29) is 5.97 Å². The van der Waals surface area contributed by atoms with Crippen LogP contribution in [-0.2, 0) is 17.2 Å². The molecule has 3 rings (SSSR count). The lowest BCUT2D eigenvalue weighted by molar-refractivity contribution is 0.0532. The number of aromatic nitrogens is 4. The normalized spacial score (nSPS) is 11.5. The van der Waals surface area contributed by atoms with Crippen LogP contribution in [0.2, 0.25) is 0 Å². The molecule has 0 saturated carbocycles. The van der Waals surface area contributed by atoms with Crippen LogP contribution in [0.5, 0.6) is 0 Å². The number of carbonyl (C=O) groups is 1. The average Bonchev–Trinajstić information content (AvgIpc) is 3.23. The first-order valence-electron chi connectivity index (χ1n) is 7.77. The van der Waals surface area contributed by atoms with Crippen molar-refractivity contribution in [1.29, 1.82) is 0 Å². The number of carbonyl (C=O) groups excluding carboxylic acids is 1. The molecule has 0 aliphatic heterocycles. The van der Waals surface area contributed by atoms with E-state index in [4.69, 9.17) is 16.3 Å². The van der Waals surface area contributed by atoms with Gasteiger partial charge in [0.2, 0.25) is 0 Å². The van der Waals surface area contributed by atoms with E-state index in [2.05, 4.69) is 28.4 Å². The van der Waals surface area contributed by atoms with Crippen molar-refractivity contribution in [3.05, 3.63) is 35.0 Å². The highest BCUT2D eigenvalue weighted by Gasteiger charge is 2.19. The summed E-state index contributed by atoms with van der Waals surface area (Å²) in [7, 11) is 0. The minimum absolute atomic E-state index is 0.311. The summed E-state index contributed by atoms with van der Waals surface area (Å²) in [6.45, 7) is 6.98. The van der Waals surface area contributed by atoms with Crippen LogP contribution in [0, 0.1) is 0 Å². The zero-order chi connectivity index (χ0) is 17.3. The maximum Gasteiger partial charge on any atom is 0.348 e. The van der Waals surface area contributed by atoms with Crippen LogP contribution in [0.15, 0.2) is 18.6 Å². The molecule has 0 saturated heterocycles. The van der Waals surface area contributed by atoms with Crippen molar-refractivity contribution in [2.24, 2.45) is 0 Å². The first-order chi connectivity index (χ1) is 11.5. The molecule has 3 aromatic heterocycles. The van der Waals surface area contributed by atoms with Gasteiger partial charge in [0.05, 0.1) is 36.6 Å². The van der Waals surface area contributed by atoms with Gasteiger partial charge in [-0.15, -0.1) is 22.9 Å². The molecule has 3 heterocycles. The third-order valence-electron chi connectivity index (χ3n) is 3.75. The molecular formula is C16H19ClN4O2S. The predicted molar refractivity (Wildman–Crippen MR) is 94.8 cm³/mol. The molecular weight excluding hydrogens is 348 g/mol. The van der Waals surface area contributed by atoms with Crippen LogP contribution in [0.4, 0.5) is 0 Å². The molecule has 0 amide bonds. The molecule has 0 N–H and O–H groups in total. The Kier molecular flexibility index (Phi) is 4.91. The highest BCUT2D eigenvalue weighted by molar-refractivity contribution is 7.20. The van der Waals surface area contributed by atoms with Crippen molar-refractivity contribution in [2.45, 2.75) is 39.2 Å². The lowest BCUT2D eigenvalue weighted by atomic mass is 10.3. The number of fused-ring (bicyclic) bond motifs is 1. The molecule has 0 bridgehead atoms. The number of alkyl halides is 1. The van der Waals surface area contributed by atoms with Gasteiger partial charge in [-0.05, 0) is 26.8 Å². The maximum atomic E-state index is 11.9. The fourth-order valence-electron chi connectivity index (χ4n) is 2.62. The predicted octanol–water partition coefficient (Wildman–Crippen LogP) is 3.84. The Morgan fingerprint density at radius 3 is 2.92 bits per heavy atom. The molecule has 3 aromatic rings. The Labute approximate surface area is 149 Å². The second-order valence-corrected chi connectivity index (χ2v) is 6.95. The lowest BCUT2D eigenvalue weighted by Gasteiger charge is -2.13. The topological polar surface area (TPSA) is 61.9 Å². The van der Waals surface area contributed by atoms with Gasteiger partial charge < -0.3 is 13.9 Å². The second-order valence-electron chi connectivity index (χ2n) is 5.66. The van der Waals surface area contributed by atoms with Crippen LogP contribution in [0.25, 0.3) is 10.3 Å². The van der Waals surface area contributed by atoms with Gasteiger partial charge >= 0.3 is 5.97 Å². The van der Waals surface area contributed by atoms with Crippen LogP contribution in [0.1, 0.15) is 48.0 Å². The van der Waals surface area contributed by atoms with Gasteiger partial charge in [0.15, 0.2) is 0 Å². The van der Waals surface area contributed by atoms with Crippen LogP contribution < -0.4 is 0 Å². The summed E-state index contributed by atoms with van der Waals surface area (Å²) in [5.74, 6) is 0.780. The van der Waals surface area contributed by atoms with Crippen LogP contribution in [0.3, 0.4) is 0 Å². The first-order valence-corrected chi connectivity index (χ1v) is 9.13. The Morgan fingerprint density at radius 1 is 1.46 bits per heavy atom. The largest absolute Gasteiger partial charge is 0.462 e. The van der Waals surface area contributed by atoms with Gasteiger partial charge in [0.25, 0.3) is 0 Å². The average molecular weight is 367 g/mol. The van der Waals surface area contributed by atoms with E-state index in [0.29, 0.717) is 30.0 Å². The van der Waals surface area contributed by atoms with Gasteiger partial charge in [-0.25, -0.2) is 14.8 Å². The highest BCUT2D eigenvalue weighted by atomic mass is 35.5. The van der Waals surface area contributed by atoms with E-state index in [0.717, 1.165) is 21.9 Å². The number of nitrogens with zero attached hydrogens (tertiary/aromatic N) is 4. The first kappa shape index (κ1) is 17.0. The smallest absolute Gasteiger partial charge is 0.348 e. The van der Waals surface area contributed by atoms with Crippen molar-refractivity contribution in [3.63, 3.8) is 0 Å². The van der Waals surface area contributed by atoms with Crippen molar-refractivity contribution in [1.82, 2.24) is 19.1 Å². The summed E-state index contributed by atoms with van der Waals surface area (Å²) < 4.78 is 9.23. The van der Waals surface area contributed by atoms with Crippen molar-refractivity contribution in [2.75, 3.05) is 6.61 Å². The minimum Gasteiger partial charge on any atom is -0.462 e. The van der Waals surface area contributed by atoms with Gasteiger partial charge in [0.1, 0.15) is 15.5 Å². The van der Waals surface area contributed by atoms with E-state index in [1.807, 2.05) is 23.2 Å². The molecule has 8 heteroatoms. The monoisotopic (exact) mass is 366 g/mol. The molecule has 128 valence electrons. The Bertz CT molecular complexity index is 865. The number of hydrogen-bond donors (Lipinski definition) is 0. The van der Waals surface area contributed by atoms with E-state index < -0.39 is 0 Å². The minimum atomic E-state index is -0.313. The molecule has 0 radical (unpaired) electrons. The SMILES string of the molecule is CCOC(=O)c1cc2c(nc(CCl)n2Cc2cncn2C(C)C)s1.